The van der Waals surface area contributed by atoms with Gasteiger partial charge in [-0.15, -0.1) is 0 Å². The SMILES string of the molecule is CCCCCCCC(=O)C(C#N)c1ccccc1F. The highest BCUT2D eigenvalue weighted by atomic mass is 19.1. The molecule has 0 aliphatic rings. The fraction of sp³-hybridized carbons (Fsp3) is 0.500. The molecule has 0 spiro atoms. The van der Waals surface area contributed by atoms with Gasteiger partial charge in [0.25, 0.3) is 0 Å². The van der Waals surface area contributed by atoms with Crippen molar-refractivity contribution in [3.05, 3.63) is 35.6 Å². The summed E-state index contributed by atoms with van der Waals surface area (Å²) in [5.74, 6) is -1.62. The van der Waals surface area contributed by atoms with Gasteiger partial charge in [-0.2, -0.15) is 5.26 Å². The van der Waals surface area contributed by atoms with Gasteiger partial charge in [-0.25, -0.2) is 4.39 Å². The van der Waals surface area contributed by atoms with Crippen molar-refractivity contribution in [2.24, 2.45) is 0 Å². The zero-order chi connectivity index (χ0) is 14.1. The molecule has 0 heterocycles. The molecule has 3 heteroatoms. The first-order valence-corrected chi connectivity index (χ1v) is 6.87. The Bertz CT molecular complexity index is 450. The van der Waals surface area contributed by atoms with Crippen LogP contribution in [-0.4, -0.2) is 5.78 Å². The van der Waals surface area contributed by atoms with Crippen molar-refractivity contribution >= 4 is 5.78 Å². The molecule has 19 heavy (non-hydrogen) atoms. The molecule has 0 N–H and O–H groups in total. The van der Waals surface area contributed by atoms with Gasteiger partial charge in [0.05, 0.1) is 6.07 Å². The van der Waals surface area contributed by atoms with Crippen molar-refractivity contribution in [2.45, 2.75) is 51.4 Å². The Kier molecular flexibility index (Phi) is 6.81. The number of rotatable bonds is 8. The van der Waals surface area contributed by atoms with Gasteiger partial charge in [0, 0.05) is 12.0 Å². The Morgan fingerprint density at radius 2 is 1.95 bits per heavy atom. The predicted molar refractivity (Wildman–Crippen MR) is 73.1 cm³/mol. The number of benzene rings is 1. The van der Waals surface area contributed by atoms with Crippen LogP contribution < -0.4 is 0 Å². The highest BCUT2D eigenvalue weighted by Gasteiger charge is 2.22. The third-order valence-corrected chi connectivity index (χ3v) is 3.19. The molecule has 0 aliphatic heterocycles. The minimum Gasteiger partial charge on any atom is -0.298 e. The van der Waals surface area contributed by atoms with Gasteiger partial charge in [0.1, 0.15) is 11.7 Å². The Balaban J connectivity index is 2.54. The molecule has 1 unspecified atom stereocenters. The maximum absolute atomic E-state index is 13.6. The van der Waals surface area contributed by atoms with Crippen LogP contribution in [0.15, 0.2) is 24.3 Å². The third kappa shape index (κ3) is 4.82. The topological polar surface area (TPSA) is 40.9 Å². The second-order valence-corrected chi connectivity index (χ2v) is 4.71. The van der Waals surface area contributed by atoms with Crippen LogP contribution in [0.2, 0.25) is 0 Å². The Morgan fingerprint density at radius 3 is 2.58 bits per heavy atom. The van der Waals surface area contributed by atoms with Gasteiger partial charge < -0.3 is 0 Å². The number of unbranched alkanes of at least 4 members (excludes halogenated alkanes) is 4. The van der Waals surface area contributed by atoms with Gasteiger partial charge in [0.15, 0.2) is 5.78 Å². The summed E-state index contributed by atoms with van der Waals surface area (Å²) in [6.07, 6.45) is 5.57. The summed E-state index contributed by atoms with van der Waals surface area (Å²) >= 11 is 0. The molecule has 0 radical (unpaired) electrons. The molecular weight excluding hydrogens is 241 g/mol. The fourth-order valence-electron chi connectivity index (χ4n) is 2.07. The van der Waals surface area contributed by atoms with Gasteiger partial charge in [-0.3, -0.25) is 4.79 Å². The van der Waals surface area contributed by atoms with E-state index in [0.717, 1.165) is 25.7 Å². The Morgan fingerprint density at radius 1 is 1.26 bits per heavy atom. The van der Waals surface area contributed by atoms with Crippen molar-refractivity contribution in [2.75, 3.05) is 0 Å². The maximum atomic E-state index is 13.6. The first-order chi connectivity index (χ1) is 9.20. The molecule has 2 nitrogen and oxygen atoms in total. The zero-order valence-electron chi connectivity index (χ0n) is 11.4. The lowest BCUT2D eigenvalue weighted by atomic mass is 9.92. The molecule has 1 aromatic rings. The Labute approximate surface area is 114 Å². The molecule has 0 aromatic heterocycles. The van der Waals surface area contributed by atoms with Crippen LogP contribution >= 0.6 is 0 Å². The molecule has 102 valence electrons. The summed E-state index contributed by atoms with van der Waals surface area (Å²) in [5, 5.41) is 9.08. The van der Waals surface area contributed by atoms with E-state index in [1.807, 2.05) is 6.07 Å². The molecular formula is C16H20FNO. The van der Waals surface area contributed by atoms with Gasteiger partial charge in [0.2, 0.25) is 0 Å². The van der Waals surface area contributed by atoms with E-state index in [1.165, 1.54) is 18.6 Å². The van der Waals surface area contributed by atoms with Crippen molar-refractivity contribution in [3.8, 4) is 6.07 Å². The summed E-state index contributed by atoms with van der Waals surface area (Å²) in [4.78, 5) is 12.0. The van der Waals surface area contributed by atoms with Crippen LogP contribution in [0, 0.1) is 17.1 Å². The van der Waals surface area contributed by atoms with E-state index in [-0.39, 0.29) is 11.3 Å². The number of halogens is 1. The van der Waals surface area contributed by atoms with Crippen molar-refractivity contribution in [1.82, 2.24) is 0 Å². The lowest BCUT2D eigenvalue weighted by Gasteiger charge is -2.09. The van der Waals surface area contributed by atoms with Crippen molar-refractivity contribution < 1.29 is 9.18 Å². The molecule has 1 aromatic carbocycles. The minimum absolute atomic E-state index is 0.177. The summed E-state index contributed by atoms with van der Waals surface area (Å²) in [7, 11) is 0. The molecule has 0 fully saturated rings. The van der Waals surface area contributed by atoms with E-state index in [4.69, 9.17) is 5.26 Å². The zero-order valence-corrected chi connectivity index (χ0v) is 11.4. The van der Waals surface area contributed by atoms with E-state index in [9.17, 15) is 9.18 Å². The average Bonchev–Trinajstić information content (AvgIpc) is 2.41. The molecule has 0 saturated carbocycles. The minimum atomic E-state index is -0.965. The smallest absolute Gasteiger partial charge is 0.154 e. The van der Waals surface area contributed by atoms with Crippen LogP contribution in [-0.2, 0) is 4.79 Å². The van der Waals surface area contributed by atoms with Crippen LogP contribution in [0.5, 0.6) is 0 Å². The largest absolute Gasteiger partial charge is 0.298 e. The summed E-state index contributed by atoms with van der Waals surface area (Å²) in [5.41, 5.74) is 0.198. The fourth-order valence-corrected chi connectivity index (χ4v) is 2.07. The van der Waals surface area contributed by atoms with E-state index in [1.54, 1.807) is 12.1 Å². The first kappa shape index (κ1) is 15.4. The van der Waals surface area contributed by atoms with Gasteiger partial charge in [-0.1, -0.05) is 50.8 Å². The molecule has 1 rings (SSSR count). The Hall–Kier alpha value is -1.69. The number of nitriles is 1. The number of carbonyl (C=O) groups is 1. The third-order valence-electron chi connectivity index (χ3n) is 3.19. The molecule has 0 saturated heterocycles. The second-order valence-electron chi connectivity index (χ2n) is 4.71. The highest BCUT2D eigenvalue weighted by Crippen LogP contribution is 2.22. The standard InChI is InChI=1S/C16H20FNO/c1-2-3-4-5-6-11-16(19)14(12-18)13-9-7-8-10-15(13)17/h7-10,14H,2-6,11H2,1H3. The van der Waals surface area contributed by atoms with Crippen LogP contribution in [0.3, 0.4) is 0 Å². The van der Waals surface area contributed by atoms with E-state index in [0.29, 0.717) is 6.42 Å². The number of Topliss-reactive ketones (excluding diaryl/α,β-unsaturated/α-hetero) is 1. The molecule has 0 amide bonds. The highest BCUT2D eigenvalue weighted by molar-refractivity contribution is 5.88. The van der Waals surface area contributed by atoms with E-state index < -0.39 is 11.7 Å². The average molecular weight is 261 g/mol. The number of ketones is 1. The van der Waals surface area contributed by atoms with Crippen LogP contribution in [0.4, 0.5) is 4.39 Å². The van der Waals surface area contributed by atoms with E-state index >= 15 is 0 Å². The maximum Gasteiger partial charge on any atom is 0.154 e. The summed E-state index contributed by atoms with van der Waals surface area (Å²) < 4.78 is 13.6. The van der Waals surface area contributed by atoms with E-state index in [2.05, 4.69) is 6.92 Å². The van der Waals surface area contributed by atoms with Crippen LogP contribution in [0.1, 0.15) is 56.9 Å². The monoisotopic (exact) mass is 261 g/mol. The molecule has 1 atom stereocenters. The van der Waals surface area contributed by atoms with Crippen molar-refractivity contribution in [3.63, 3.8) is 0 Å². The molecule has 0 aliphatic carbocycles. The first-order valence-electron chi connectivity index (χ1n) is 6.87. The van der Waals surface area contributed by atoms with Crippen LogP contribution in [0.25, 0.3) is 0 Å². The number of hydrogen-bond acceptors (Lipinski definition) is 2. The normalized spacial score (nSPS) is 11.8. The second kappa shape index (κ2) is 8.42. The quantitative estimate of drug-likeness (QED) is 0.652. The summed E-state index contributed by atoms with van der Waals surface area (Å²) in [6.45, 7) is 2.13. The summed E-state index contributed by atoms with van der Waals surface area (Å²) in [6, 6.07) is 7.93. The van der Waals surface area contributed by atoms with Gasteiger partial charge in [-0.05, 0) is 12.5 Å². The number of hydrogen-bond donors (Lipinski definition) is 0. The predicted octanol–water partition coefficient (Wildman–Crippen LogP) is 4.36. The lowest BCUT2D eigenvalue weighted by Crippen LogP contribution is -2.12. The van der Waals surface area contributed by atoms with Crippen molar-refractivity contribution in [1.29, 1.82) is 5.26 Å². The molecule has 0 bridgehead atoms. The number of carbonyl (C=O) groups excluding carboxylic acids is 1. The lowest BCUT2D eigenvalue weighted by molar-refractivity contribution is -0.119. The van der Waals surface area contributed by atoms with Gasteiger partial charge >= 0.3 is 0 Å². The number of nitrogens with zero attached hydrogens (tertiary/aromatic N) is 1.